The van der Waals surface area contributed by atoms with Gasteiger partial charge in [-0.25, -0.2) is 4.68 Å². The second-order valence-corrected chi connectivity index (χ2v) is 16.3. The summed E-state index contributed by atoms with van der Waals surface area (Å²) in [7, 11) is 1.44. The number of carbonyl (C=O) groups excluding carboxylic acids is 5. The van der Waals surface area contributed by atoms with Crippen molar-refractivity contribution < 1.29 is 28.7 Å². The van der Waals surface area contributed by atoms with Crippen molar-refractivity contribution in [1.82, 2.24) is 29.8 Å². The maximum atomic E-state index is 13.6. The van der Waals surface area contributed by atoms with Crippen molar-refractivity contribution >= 4 is 41.9 Å². The van der Waals surface area contributed by atoms with Crippen LogP contribution in [0.15, 0.2) is 72.8 Å². The SMILES string of the molecule is CNC(=O)C(CCC=O)N(C=O)C(=O)c1cc(N2CC(N3CC(N4CCC([C@@H]5CCNc6c(C(N)=O)c(-c7ccc(Oc8ccccc8)cc7)nn65)CC4)C3)C2)ccc1C. The molecule has 4 aromatic rings. The largest absolute Gasteiger partial charge is 0.457 e. The van der Waals surface area contributed by atoms with Crippen molar-refractivity contribution in [2.45, 2.75) is 63.2 Å². The molecule has 1 unspecified atom stereocenters. The number of primary amides is 1. The van der Waals surface area contributed by atoms with Gasteiger partial charge in [-0.3, -0.25) is 33.9 Å². The quantitative estimate of drug-likeness (QED) is 0.148. The number of aldehydes is 1. The van der Waals surface area contributed by atoms with Crippen LogP contribution in [-0.4, -0.2) is 126 Å². The smallest absolute Gasteiger partial charge is 0.261 e. The summed E-state index contributed by atoms with van der Waals surface area (Å²) < 4.78 is 8.01. The number of hydrogen-bond acceptors (Lipinski definition) is 11. The van der Waals surface area contributed by atoms with Crippen molar-refractivity contribution in [3.8, 4) is 22.8 Å². The van der Waals surface area contributed by atoms with Gasteiger partial charge in [0, 0.05) is 75.1 Å². The van der Waals surface area contributed by atoms with Crippen LogP contribution >= 0.6 is 0 Å². The number of rotatable bonds is 15. The lowest BCUT2D eigenvalue weighted by atomic mass is 9.85. The van der Waals surface area contributed by atoms with Crippen LogP contribution in [0.25, 0.3) is 11.3 Å². The van der Waals surface area contributed by atoms with E-state index in [2.05, 4.69) is 25.3 Å². The standard InChI is InChI=1S/C45H53N9O6/c1-29-10-13-32(23-37(29)45(59)53(28-56)39(9-6-22-55)44(58)47-2)51-26-34(27-51)52-24-33(25-52)50-20-17-30(18-21-50)38-16-19-48-43-40(42(46)57)41(49-54(38)43)31-11-14-36(15-12-31)60-35-7-4-3-5-8-35/h3-5,7-8,10-15,22-23,28,30,33-34,38-39,48H,6,9,16-21,24-27H2,1-2H3,(H2,46,57)(H,47,58)/t38-,39?/m0/s1. The molecule has 3 saturated heterocycles. The number of nitrogens with one attached hydrogen (secondary N) is 2. The molecule has 15 nitrogen and oxygen atoms in total. The van der Waals surface area contributed by atoms with Gasteiger partial charge >= 0.3 is 0 Å². The molecule has 4 aliphatic rings. The monoisotopic (exact) mass is 815 g/mol. The van der Waals surface area contributed by atoms with Gasteiger partial charge in [-0.05, 0) is 106 Å². The third kappa shape index (κ3) is 8.11. The number of para-hydroxylation sites is 1. The van der Waals surface area contributed by atoms with Gasteiger partial charge in [0.15, 0.2) is 0 Å². The molecule has 15 heteroatoms. The first kappa shape index (κ1) is 40.7. The molecule has 4 amide bonds. The molecule has 0 radical (unpaired) electrons. The van der Waals surface area contributed by atoms with Gasteiger partial charge in [0.1, 0.15) is 40.9 Å². The third-order valence-corrected chi connectivity index (χ3v) is 12.8. The number of piperidine rings is 1. The van der Waals surface area contributed by atoms with Gasteiger partial charge in [-0.1, -0.05) is 24.3 Å². The van der Waals surface area contributed by atoms with E-state index in [-0.39, 0.29) is 18.9 Å². The number of aromatic nitrogens is 2. The van der Waals surface area contributed by atoms with Crippen LogP contribution in [0.4, 0.5) is 11.5 Å². The number of ether oxygens (including phenoxy) is 1. The van der Waals surface area contributed by atoms with Gasteiger partial charge in [-0.15, -0.1) is 0 Å². The highest BCUT2D eigenvalue weighted by Crippen LogP contribution is 2.41. The van der Waals surface area contributed by atoms with Gasteiger partial charge in [0.2, 0.25) is 12.3 Å². The summed E-state index contributed by atoms with van der Waals surface area (Å²) in [5.41, 5.74) is 9.78. The molecule has 314 valence electrons. The molecule has 5 heterocycles. The summed E-state index contributed by atoms with van der Waals surface area (Å²) in [6.45, 7) is 8.33. The minimum Gasteiger partial charge on any atom is -0.457 e. The highest BCUT2D eigenvalue weighted by Gasteiger charge is 2.43. The Morgan fingerprint density at radius 2 is 1.63 bits per heavy atom. The number of amides is 4. The molecule has 4 aliphatic heterocycles. The molecule has 0 bridgehead atoms. The topological polar surface area (TPSA) is 175 Å². The number of benzene rings is 3. The van der Waals surface area contributed by atoms with Crippen LogP contribution in [0.3, 0.4) is 0 Å². The van der Waals surface area contributed by atoms with E-state index >= 15 is 0 Å². The van der Waals surface area contributed by atoms with E-state index < -0.39 is 23.8 Å². The van der Waals surface area contributed by atoms with Crippen molar-refractivity contribution in [2.24, 2.45) is 11.7 Å². The van der Waals surface area contributed by atoms with Crippen molar-refractivity contribution in [1.29, 1.82) is 0 Å². The number of likely N-dealkylation sites (tertiary alicyclic amines) is 2. The lowest BCUT2D eigenvalue weighted by molar-refractivity contribution is -0.131. The number of likely N-dealkylation sites (N-methyl/N-ethyl adjacent to an activating group) is 1. The lowest BCUT2D eigenvalue weighted by Crippen LogP contribution is -2.70. The van der Waals surface area contributed by atoms with Gasteiger partial charge in [-0.2, -0.15) is 5.10 Å². The fourth-order valence-corrected chi connectivity index (χ4v) is 9.29. The number of fused-ring (bicyclic) bond motifs is 1. The summed E-state index contributed by atoms with van der Waals surface area (Å²) >= 11 is 0. The minimum absolute atomic E-state index is 0.0517. The Balaban J connectivity index is 0.844. The zero-order valence-electron chi connectivity index (χ0n) is 34.2. The van der Waals surface area contributed by atoms with Crippen LogP contribution in [0, 0.1) is 12.8 Å². The average Bonchev–Trinajstić information content (AvgIpc) is 3.64. The molecule has 0 aliphatic carbocycles. The Labute approximate surface area is 349 Å². The lowest BCUT2D eigenvalue weighted by Gasteiger charge is -2.55. The van der Waals surface area contributed by atoms with Crippen LogP contribution in [0.1, 0.15) is 64.4 Å². The number of hydrogen-bond donors (Lipinski definition) is 3. The molecule has 0 saturated carbocycles. The van der Waals surface area contributed by atoms with E-state index in [0.717, 1.165) is 87.0 Å². The highest BCUT2D eigenvalue weighted by molar-refractivity contribution is 6.05. The van der Waals surface area contributed by atoms with E-state index in [1.54, 1.807) is 6.07 Å². The van der Waals surface area contributed by atoms with Gasteiger partial charge < -0.3 is 30.8 Å². The molecule has 60 heavy (non-hydrogen) atoms. The van der Waals surface area contributed by atoms with E-state index in [1.807, 2.05) is 78.3 Å². The second kappa shape index (κ2) is 17.7. The summed E-state index contributed by atoms with van der Waals surface area (Å²) in [5, 5.41) is 11.0. The Hall–Kier alpha value is -6.06. The number of aryl methyl sites for hydroxylation is 1. The molecule has 8 rings (SSSR count). The van der Waals surface area contributed by atoms with Crippen LogP contribution in [0.5, 0.6) is 11.5 Å². The number of anilines is 2. The Morgan fingerprint density at radius 1 is 0.933 bits per heavy atom. The van der Waals surface area contributed by atoms with Crippen molar-refractivity contribution in [2.75, 3.05) is 63.1 Å². The van der Waals surface area contributed by atoms with Gasteiger partial charge in [0.25, 0.3) is 11.8 Å². The molecular weight excluding hydrogens is 763 g/mol. The number of imide groups is 1. The molecule has 2 atom stereocenters. The summed E-state index contributed by atoms with van der Waals surface area (Å²) in [5.74, 6) is 1.04. The van der Waals surface area contributed by atoms with Crippen LogP contribution in [0.2, 0.25) is 0 Å². The fraction of sp³-hybridized carbons (Fsp3) is 0.422. The zero-order valence-corrected chi connectivity index (χ0v) is 34.2. The number of nitrogens with two attached hydrogens (primary N) is 1. The molecule has 0 spiro atoms. The maximum Gasteiger partial charge on any atom is 0.261 e. The van der Waals surface area contributed by atoms with Gasteiger partial charge in [0.05, 0.1) is 6.04 Å². The maximum absolute atomic E-state index is 13.6. The Morgan fingerprint density at radius 3 is 2.30 bits per heavy atom. The first-order chi connectivity index (χ1) is 29.2. The number of nitrogens with zero attached hydrogens (tertiary/aromatic N) is 6. The normalized spacial score (nSPS) is 19.2. The molecule has 1 aromatic heterocycles. The molecular formula is C45H53N9O6. The van der Waals surface area contributed by atoms with Crippen molar-refractivity contribution in [3.63, 3.8) is 0 Å². The highest BCUT2D eigenvalue weighted by atomic mass is 16.5. The van der Waals surface area contributed by atoms with Crippen LogP contribution < -0.4 is 26.0 Å². The predicted octanol–water partition coefficient (Wildman–Crippen LogP) is 4.08. The molecule has 3 fully saturated rings. The third-order valence-electron chi connectivity index (χ3n) is 12.8. The first-order valence-corrected chi connectivity index (χ1v) is 20.9. The summed E-state index contributed by atoms with van der Waals surface area (Å²) in [6, 6.07) is 22.9. The van der Waals surface area contributed by atoms with Crippen molar-refractivity contribution in [3.05, 3.63) is 89.5 Å². The fourth-order valence-electron chi connectivity index (χ4n) is 9.29. The Bertz CT molecular complexity index is 2210. The Kier molecular flexibility index (Phi) is 12.0. The average molecular weight is 816 g/mol. The van der Waals surface area contributed by atoms with E-state index in [0.29, 0.717) is 64.6 Å². The molecule has 3 aromatic carbocycles. The van der Waals surface area contributed by atoms with E-state index in [1.165, 1.54) is 7.05 Å². The summed E-state index contributed by atoms with van der Waals surface area (Å²) in [4.78, 5) is 70.4. The van der Waals surface area contributed by atoms with E-state index in [4.69, 9.17) is 15.6 Å². The number of carbonyl (C=O) groups is 5. The minimum atomic E-state index is -1.07. The van der Waals surface area contributed by atoms with Crippen LogP contribution in [-0.2, 0) is 14.4 Å². The zero-order chi connectivity index (χ0) is 41.9. The van der Waals surface area contributed by atoms with E-state index in [9.17, 15) is 24.0 Å². The second-order valence-electron chi connectivity index (χ2n) is 16.3. The summed E-state index contributed by atoms with van der Waals surface area (Å²) in [6.07, 6.45) is 4.21. The predicted molar refractivity (Wildman–Crippen MR) is 227 cm³/mol. The first-order valence-electron chi connectivity index (χ1n) is 20.9. The molecule has 4 N–H and O–H groups in total.